The minimum atomic E-state index is 0. The molecule has 0 amide bonds. The molecule has 0 N–H and O–H groups in total. The third-order valence-corrected chi connectivity index (χ3v) is 4.02. The molecule has 1 aromatic heterocycles. The smallest absolute Gasteiger partial charge is 0.129 e. The zero-order valence-corrected chi connectivity index (χ0v) is 12.4. The number of benzene rings is 1. The van der Waals surface area contributed by atoms with Gasteiger partial charge in [0.1, 0.15) is 5.82 Å². The van der Waals surface area contributed by atoms with E-state index in [2.05, 4.69) is 49.1 Å². The van der Waals surface area contributed by atoms with Gasteiger partial charge in [0, 0.05) is 18.5 Å². The van der Waals surface area contributed by atoms with E-state index < -0.39 is 0 Å². The third-order valence-electron chi connectivity index (χ3n) is 4.02. The molecule has 0 bridgehead atoms. The molecule has 0 radical (unpaired) electrons. The minimum absolute atomic E-state index is 0. The first-order valence-electron chi connectivity index (χ1n) is 6.85. The summed E-state index contributed by atoms with van der Waals surface area (Å²) in [5.41, 5.74) is 2.44. The van der Waals surface area contributed by atoms with Crippen molar-refractivity contribution >= 4 is 29.1 Å². The second-order valence-corrected chi connectivity index (χ2v) is 5.48. The highest BCUT2D eigenvalue weighted by Crippen LogP contribution is 2.25. The molecule has 1 saturated heterocycles. The largest absolute Gasteiger partial charge is 0.357 e. The van der Waals surface area contributed by atoms with Crippen LogP contribution in [0.5, 0.6) is 0 Å². The van der Waals surface area contributed by atoms with Crippen molar-refractivity contribution < 1.29 is 0 Å². The van der Waals surface area contributed by atoms with Crippen molar-refractivity contribution in [3.8, 4) is 0 Å². The van der Waals surface area contributed by atoms with Gasteiger partial charge in [-0.05, 0) is 43.4 Å². The first-order chi connectivity index (χ1) is 8.74. The molecule has 1 aliphatic rings. The van der Waals surface area contributed by atoms with E-state index in [4.69, 9.17) is 4.98 Å². The predicted octanol–water partition coefficient (Wildman–Crippen LogP) is 4.20. The van der Waals surface area contributed by atoms with Crippen molar-refractivity contribution in [2.45, 2.75) is 26.7 Å². The lowest BCUT2D eigenvalue weighted by Gasteiger charge is -2.31. The molecule has 0 unspecified atom stereocenters. The number of aromatic nitrogens is 1. The maximum absolute atomic E-state index is 4.81. The van der Waals surface area contributed by atoms with Crippen molar-refractivity contribution in [3.63, 3.8) is 0 Å². The van der Waals surface area contributed by atoms with Gasteiger partial charge in [0.2, 0.25) is 0 Å². The van der Waals surface area contributed by atoms with E-state index in [1.165, 1.54) is 23.8 Å². The number of piperidine rings is 1. The van der Waals surface area contributed by atoms with Gasteiger partial charge >= 0.3 is 0 Å². The molecular weight excluding hydrogens is 256 g/mol. The number of rotatable bonds is 1. The Morgan fingerprint density at radius 1 is 1.16 bits per heavy atom. The van der Waals surface area contributed by atoms with E-state index in [9.17, 15) is 0 Å². The lowest BCUT2D eigenvalue weighted by molar-refractivity contribution is 0.437. The molecule has 19 heavy (non-hydrogen) atoms. The molecule has 3 rings (SSSR count). The fourth-order valence-corrected chi connectivity index (χ4v) is 2.73. The number of anilines is 1. The van der Waals surface area contributed by atoms with E-state index in [1.807, 2.05) is 0 Å². The Morgan fingerprint density at radius 3 is 2.58 bits per heavy atom. The molecular formula is C16H21ClN2. The van der Waals surface area contributed by atoms with Crippen LogP contribution in [0.3, 0.4) is 0 Å². The summed E-state index contributed by atoms with van der Waals surface area (Å²) in [6, 6.07) is 10.6. The van der Waals surface area contributed by atoms with Crippen LogP contribution in [0.15, 0.2) is 30.3 Å². The van der Waals surface area contributed by atoms with Gasteiger partial charge in [0.25, 0.3) is 0 Å². The summed E-state index contributed by atoms with van der Waals surface area (Å²) in [5.74, 6) is 2.01. The number of nitrogens with zero attached hydrogens (tertiary/aromatic N) is 2. The van der Waals surface area contributed by atoms with E-state index in [1.54, 1.807) is 0 Å². The molecule has 0 aliphatic carbocycles. The number of para-hydroxylation sites is 1. The van der Waals surface area contributed by atoms with Gasteiger partial charge in [-0.2, -0.15) is 0 Å². The number of pyridine rings is 1. The Labute approximate surface area is 121 Å². The van der Waals surface area contributed by atoms with Gasteiger partial charge < -0.3 is 4.90 Å². The van der Waals surface area contributed by atoms with Crippen LogP contribution in [0, 0.1) is 12.8 Å². The molecule has 102 valence electrons. The van der Waals surface area contributed by atoms with Crippen molar-refractivity contribution in [1.29, 1.82) is 0 Å². The van der Waals surface area contributed by atoms with E-state index in [-0.39, 0.29) is 12.4 Å². The van der Waals surface area contributed by atoms with Crippen molar-refractivity contribution in [3.05, 3.63) is 35.9 Å². The van der Waals surface area contributed by atoms with Crippen LogP contribution < -0.4 is 4.90 Å². The van der Waals surface area contributed by atoms with Gasteiger partial charge in [-0.3, -0.25) is 0 Å². The molecule has 0 saturated carbocycles. The summed E-state index contributed by atoms with van der Waals surface area (Å²) < 4.78 is 0. The molecule has 1 aliphatic heterocycles. The number of fused-ring (bicyclic) bond motifs is 1. The van der Waals surface area contributed by atoms with Crippen molar-refractivity contribution in [2.24, 2.45) is 5.92 Å². The van der Waals surface area contributed by atoms with Gasteiger partial charge in [-0.15, -0.1) is 12.4 Å². The molecule has 2 aromatic rings. The lowest BCUT2D eigenvalue weighted by Crippen LogP contribution is -2.33. The first-order valence-corrected chi connectivity index (χ1v) is 6.85. The zero-order chi connectivity index (χ0) is 12.5. The van der Waals surface area contributed by atoms with E-state index in [0.717, 1.165) is 30.3 Å². The maximum atomic E-state index is 4.81. The van der Waals surface area contributed by atoms with Crippen LogP contribution in [-0.2, 0) is 0 Å². The molecule has 3 heteroatoms. The van der Waals surface area contributed by atoms with Crippen LogP contribution in [0.2, 0.25) is 0 Å². The summed E-state index contributed by atoms with van der Waals surface area (Å²) in [6.07, 6.45) is 2.57. The third kappa shape index (κ3) is 2.84. The van der Waals surface area contributed by atoms with Gasteiger partial charge in [-0.1, -0.05) is 25.1 Å². The Bertz CT molecular complexity index is 560. The molecule has 0 spiro atoms. The molecule has 1 fully saturated rings. The Kier molecular flexibility index (Phi) is 4.31. The molecule has 1 aromatic carbocycles. The monoisotopic (exact) mass is 276 g/mol. The maximum Gasteiger partial charge on any atom is 0.129 e. The Hall–Kier alpha value is -1.28. The summed E-state index contributed by atoms with van der Waals surface area (Å²) in [7, 11) is 0. The molecule has 2 nitrogen and oxygen atoms in total. The first kappa shape index (κ1) is 14.1. The van der Waals surface area contributed by atoms with Crippen molar-refractivity contribution in [1.82, 2.24) is 4.98 Å². The number of hydrogen-bond donors (Lipinski definition) is 0. The van der Waals surface area contributed by atoms with Crippen LogP contribution in [0.1, 0.15) is 25.3 Å². The second-order valence-electron chi connectivity index (χ2n) is 5.48. The van der Waals surface area contributed by atoms with Crippen molar-refractivity contribution in [2.75, 3.05) is 18.0 Å². The second kappa shape index (κ2) is 5.79. The summed E-state index contributed by atoms with van der Waals surface area (Å²) in [6.45, 7) is 6.81. The SMILES string of the molecule is Cc1cc(N2CCC(C)CC2)nc2ccccc12.Cl. The Morgan fingerprint density at radius 2 is 1.84 bits per heavy atom. The predicted molar refractivity (Wildman–Crippen MR) is 84.3 cm³/mol. The topological polar surface area (TPSA) is 16.1 Å². The highest BCUT2D eigenvalue weighted by atomic mass is 35.5. The Balaban J connectivity index is 0.00000133. The highest BCUT2D eigenvalue weighted by molar-refractivity contribution is 5.85. The van der Waals surface area contributed by atoms with E-state index >= 15 is 0 Å². The quantitative estimate of drug-likeness (QED) is 0.776. The van der Waals surface area contributed by atoms with Crippen LogP contribution >= 0.6 is 12.4 Å². The standard InChI is InChI=1S/C16H20N2.ClH/c1-12-7-9-18(10-8-12)16-11-13(2)14-5-3-4-6-15(14)17-16;/h3-6,11-12H,7-10H2,1-2H3;1H. The number of halogens is 1. The van der Waals surface area contributed by atoms with Crippen LogP contribution in [-0.4, -0.2) is 18.1 Å². The average Bonchev–Trinajstić information content (AvgIpc) is 2.39. The van der Waals surface area contributed by atoms with E-state index in [0.29, 0.717) is 0 Å². The highest BCUT2D eigenvalue weighted by Gasteiger charge is 2.17. The summed E-state index contributed by atoms with van der Waals surface area (Å²) in [5, 5.41) is 1.27. The van der Waals surface area contributed by atoms with Crippen LogP contribution in [0.4, 0.5) is 5.82 Å². The zero-order valence-electron chi connectivity index (χ0n) is 11.6. The summed E-state index contributed by atoms with van der Waals surface area (Å²) in [4.78, 5) is 7.24. The fraction of sp³-hybridized carbons (Fsp3) is 0.438. The number of aryl methyl sites for hydroxylation is 1. The molecule has 0 atom stereocenters. The number of hydrogen-bond acceptors (Lipinski definition) is 2. The van der Waals surface area contributed by atoms with Gasteiger partial charge in [0.05, 0.1) is 5.52 Å². The summed E-state index contributed by atoms with van der Waals surface area (Å²) >= 11 is 0. The van der Waals surface area contributed by atoms with Gasteiger partial charge in [-0.25, -0.2) is 4.98 Å². The minimum Gasteiger partial charge on any atom is -0.357 e. The molecule has 2 heterocycles. The van der Waals surface area contributed by atoms with Crippen LogP contribution in [0.25, 0.3) is 10.9 Å². The average molecular weight is 277 g/mol. The normalized spacial score (nSPS) is 16.4. The van der Waals surface area contributed by atoms with Gasteiger partial charge in [0.15, 0.2) is 0 Å². The fourth-order valence-electron chi connectivity index (χ4n) is 2.73. The lowest BCUT2D eigenvalue weighted by atomic mass is 9.99.